The zero-order valence-electron chi connectivity index (χ0n) is 33.9. The summed E-state index contributed by atoms with van der Waals surface area (Å²) in [6.45, 7) is 4.60. The minimum atomic E-state index is -6.03. The van der Waals surface area contributed by atoms with Crippen molar-refractivity contribution in [3.63, 3.8) is 0 Å². The summed E-state index contributed by atoms with van der Waals surface area (Å²) >= 11 is 7.60. The second-order valence-corrected chi connectivity index (χ2v) is 20.9. The topological polar surface area (TPSA) is 125 Å². The van der Waals surface area contributed by atoms with E-state index in [4.69, 9.17) is 11.6 Å². The first kappa shape index (κ1) is 45.5. The normalized spacial score (nSPS) is 17.4. The summed E-state index contributed by atoms with van der Waals surface area (Å²) in [6.07, 6.45) is 4.13. The lowest BCUT2D eigenvalue weighted by atomic mass is 9.78. The van der Waals surface area contributed by atoms with Crippen LogP contribution in [-0.4, -0.2) is 65.7 Å². The molecule has 1 unspecified atom stereocenters. The van der Waals surface area contributed by atoms with Crippen LogP contribution in [0.1, 0.15) is 60.9 Å². The molecule has 0 aliphatic carbocycles. The van der Waals surface area contributed by atoms with Crippen LogP contribution >= 0.6 is 23.4 Å². The lowest BCUT2D eigenvalue weighted by Crippen LogP contribution is -2.35. The third-order valence-electron chi connectivity index (χ3n) is 11.7. The molecule has 7 rings (SSSR count). The smallest absolute Gasteiger partial charge is 0.380 e. The van der Waals surface area contributed by atoms with Gasteiger partial charge in [-0.1, -0.05) is 73.1 Å². The molecule has 0 saturated carbocycles. The van der Waals surface area contributed by atoms with Gasteiger partial charge in [0.2, 0.25) is 0 Å². The number of carbonyl (C=O) groups is 1. The Morgan fingerprint density at radius 2 is 1.55 bits per heavy atom. The lowest BCUT2D eigenvalue weighted by molar-refractivity contribution is -0.0435. The number of hydrogen-bond acceptors (Lipinski definition) is 9. The van der Waals surface area contributed by atoms with Crippen molar-refractivity contribution in [1.82, 2.24) is 10.0 Å². The Labute approximate surface area is 370 Å². The third-order valence-corrected chi connectivity index (χ3v) is 16.0. The first-order valence-electron chi connectivity index (χ1n) is 20.5. The van der Waals surface area contributed by atoms with Crippen molar-refractivity contribution in [3.05, 3.63) is 137 Å². The van der Waals surface area contributed by atoms with Gasteiger partial charge in [0.05, 0.1) is 10.6 Å². The number of carbonyl (C=O) groups excluding carboxylic acids is 1. The third kappa shape index (κ3) is 10.8. The van der Waals surface area contributed by atoms with Crippen molar-refractivity contribution in [1.29, 1.82) is 0 Å². The van der Waals surface area contributed by atoms with Gasteiger partial charge < -0.3 is 15.5 Å². The summed E-state index contributed by atoms with van der Waals surface area (Å²) in [5.74, 6) is 0.101. The summed E-state index contributed by atoms with van der Waals surface area (Å²) in [7, 11) is -10.9. The molecule has 1 amide bonds. The molecule has 328 valence electrons. The van der Waals surface area contributed by atoms with Crippen LogP contribution in [0.15, 0.2) is 136 Å². The number of amides is 1. The highest BCUT2D eigenvalue weighted by molar-refractivity contribution is 7.99. The molecule has 0 bridgehead atoms. The van der Waals surface area contributed by atoms with Crippen molar-refractivity contribution >= 4 is 60.5 Å². The molecule has 2 heterocycles. The quantitative estimate of drug-likeness (QED) is 0.0881. The summed E-state index contributed by atoms with van der Waals surface area (Å²) < 4.78 is 97.3. The number of benzene rings is 5. The fourth-order valence-corrected chi connectivity index (χ4v) is 11.4. The van der Waals surface area contributed by atoms with Gasteiger partial charge in [0.15, 0.2) is 0 Å². The number of nitrogens with zero attached hydrogens (tertiary/aromatic N) is 1. The van der Waals surface area contributed by atoms with E-state index in [1.54, 1.807) is 12.1 Å². The molecule has 3 atom stereocenters. The monoisotopic (exact) mass is 924 g/mol. The highest BCUT2D eigenvalue weighted by Gasteiger charge is 2.48. The number of sulfone groups is 1. The molecular weight excluding hydrogens is 877 g/mol. The maximum absolute atomic E-state index is 14.1. The maximum Gasteiger partial charge on any atom is 0.501 e. The predicted octanol–water partition coefficient (Wildman–Crippen LogP) is 10.2. The second-order valence-electron chi connectivity index (χ2n) is 15.8. The zero-order valence-corrected chi connectivity index (χ0v) is 37.2. The summed E-state index contributed by atoms with van der Waals surface area (Å²) in [6, 6.07) is 34.1. The van der Waals surface area contributed by atoms with Gasteiger partial charge in [-0.05, 0) is 134 Å². The molecule has 16 heteroatoms. The van der Waals surface area contributed by atoms with Crippen LogP contribution in [0.4, 0.5) is 24.5 Å². The second kappa shape index (κ2) is 19.5. The number of hydrogen-bond donors (Lipinski definition) is 3. The van der Waals surface area contributed by atoms with Crippen LogP contribution in [0, 0.1) is 5.92 Å². The Bertz CT molecular complexity index is 2550. The van der Waals surface area contributed by atoms with Gasteiger partial charge >= 0.3 is 5.51 Å². The molecule has 2 aliphatic rings. The largest absolute Gasteiger partial charge is 0.501 e. The number of thioether (sulfide) groups is 1. The maximum atomic E-state index is 14.1. The summed E-state index contributed by atoms with van der Waals surface area (Å²) in [5, 5.41) is 7.05. The number of halogens is 4. The Hall–Kier alpha value is -4.54. The van der Waals surface area contributed by atoms with Gasteiger partial charge in [0.1, 0.15) is 4.90 Å². The minimum Gasteiger partial charge on any atom is -0.380 e. The predicted molar refractivity (Wildman–Crippen MR) is 241 cm³/mol. The van der Waals surface area contributed by atoms with E-state index in [1.807, 2.05) is 65.4 Å². The number of alkyl halides is 3. The summed E-state index contributed by atoms with van der Waals surface area (Å²) in [5.41, 5.74) is -1.69. The summed E-state index contributed by atoms with van der Waals surface area (Å²) in [4.78, 5) is 14.4. The molecule has 2 saturated heterocycles. The highest BCUT2D eigenvalue weighted by atomic mass is 35.5. The fourth-order valence-electron chi connectivity index (χ4n) is 8.30. The molecule has 5 aromatic carbocycles. The van der Waals surface area contributed by atoms with Gasteiger partial charge in [0, 0.05) is 52.1 Å². The van der Waals surface area contributed by atoms with Crippen molar-refractivity contribution < 1.29 is 34.8 Å². The van der Waals surface area contributed by atoms with E-state index >= 15 is 0 Å². The average molecular weight is 926 g/mol. The van der Waals surface area contributed by atoms with Crippen LogP contribution in [-0.2, 0) is 19.9 Å². The first-order valence-corrected chi connectivity index (χ1v) is 24.8. The standard InChI is InChI=1S/C46H48ClF3N4O5S3/c1-31(41-11-5-6-12-42(41)33-13-17-35(47)18-14-33)32-23-26-54(27-24-32)38-19-15-34(16-20-38)45(55)53-62(58,59)40-21-22-43(44(29-40)61(56,57)46(48,49)50)52-37(28-36-8-7-25-51-36)30-60-39-9-3-2-4-10-39/h2-6,9-22,29,31-32,36-37,51-52H,7-8,23-28,30H2,1H3,(H,53,55)/t31?,36-,37-/m1/s1. The van der Waals surface area contributed by atoms with E-state index < -0.39 is 47.1 Å². The highest BCUT2D eigenvalue weighted by Crippen LogP contribution is 2.40. The van der Waals surface area contributed by atoms with Gasteiger partial charge in [-0.2, -0.15) is 13.2 Å². The van der Waals surface area contributed by atoms with Crippen LogP contribution in [0.5, 0.6) is 0 Å². The molecule has 62 heavy (non-hydrogen) atoms. The number of nitrogens with one attached hydrogen (secondary N) is 3. The van der Waals surface area contributed by atoms with Crippen molar-refractivity contribution in [2.45, 2.75) is 77.2 Å². The van der Waals surface area contributed by atoms with E-state index in [-0.39, 0.29) is 17.3 Å². The molecule has 3 N–H and O–H groups in total. The molecule has 0 aromatic heterocycles. The Morgan fingerprint density at radius 1 is 0.871 bits per heavy atom. The Kier molecular flexibility index (Phi) is 14.3. The van der Waals surface area contributed by atoms with Crippen LogP contribution < -0.4 is 20.3 Å². The van der Waals surface area contributed by atoms with E-state index in [2.05, 4.69) is 40.7 Å². The molecule has 2 fully saturated rings. The van der Waals surface area contributed by atoms with Crippen LogP contribution in [0.3, 0.4) is 0 Å². The van der Waals surface area contributed by atoms with Crippen molar-refractivity contribution in [2.75, 3.05) is 35.6 Å². The van der Waals surface area contributed by atoms with E-state index in [0.29, 0.717) is 35.1 Å². The SMILES string of the molecule is CC(c1ccccc1-c1ccc(Cl)cc1)C1CCN(c2ccc(C(=O)NS(=O)(=O)c3ccc(N[C@@H](CSc4ccccc4)C[C@H]4CCCN4)c(S(=O)(=O)C(F)(F)F)c3)cc2)CC1. The lowest BCUT2D eigenvalue weighted by Gasteiger charge is -2.37. The zero-order chi connectivity index (χ0) is 44.1. The van der Waals surface area contributed by atoms with Crippen LogP contribution in [0.25, 0.3) is 11.1 Å². The van der Waals surface area contributed by atoms with E-state index in [1.165, 1.54) is 35.0 Å². The van der Waals surface area contributed by atoms with Gasteiger partial charge in [0.25, 0.3) is 25.8 Å². The fraction of sp³-hybridized carbons (Fsp3) is 0.326. The van der Waals surface area contributed by atoms with E-state index in [9.17, 15) is 34.8 Å². The molecule has 9 nitrogen and oxygen atoms in total. The number of rotatable bonds is 15. The van der Waals surface area contributed by atoms with Gasteiger partial charge in [-0.15, -0.1) is 11.8 Å². The van der Waals surface area contributed by atoms with Gasteiger partial charge in [-0.25, -0.2) is 21.6 Å². The van der Waals surface area contributed by atoms with E-state index in [0.717, 1.165) is 73.6 Å². The molecule has 0 spiro atoms. The number of piperidine rings is 1. The Balaban J connectivity index is 1.02. The molecule has 0 radical (unpaired) electrons. The van der Waals surface area contributed by atoms with Crippen LogP contribution in [0.2, 0.25) is 5.02 Å². The first-order chi connectivity index (χ1) is 29.6. The Morgan fingerprint density at radius 3 is 2.21 bits per heavy atom. The molecule has 2 aliphatic heterocycles. The number of sulfonamides is 1. The molecule has 5 aromatic rings. The van der Waals surface area contributed by atoms with Crippen molar-refractivity contribution in [3.8, 4) is 11.1 Å². The minimum absolute atomic E-state index is 0.000318. The van der Waals surface area contributed by atoms with Gasteiger partial charge in [-0.3, -0.25) is 4.79 Å². The van der Waals surface area contributed by atoms with Crippen molar-refractivity contribution in [2.24, 2.45) is 5.92 Å². The average Bonchev–Trinajstić information content (AvgIpc) is 3.79. The number of anilines is 2. The molecular formula is C46H48ClF3N4O5S3.